The highest BCUT2D eigenvalue weighted by Gasteiger charge is 2.37. The molecule has 2 rings (SSSR count). The average Bonchev–Trinajstić information content (AvgIpc) is 2.39. The van der Waals surface area contributed by atoms with Crippen LogP contribution >= 0.6 is 0 Å². The summed E-state index contributed by atoms with van der Waals surface area (Å²) in [7, 11) is 0. The van der Waals surface area contributed by atoms with Crippen LogP contribution in [-0.2, 0) is 10.3 Å². The maximum absolute atomic E-state index is 13.9. The number of carboxylic acid groups (broad SMARTS) is 1. The summed E-state index contributed by atoms with van der Waals surface area (Å²) in [5.41, 5.74) is -1.30. The zero-order chi connectivity index (χ0) is 14.8. The minimum atomic E-state index is -1.70. The Labute approximate surface area is 114 Å². The first-order valence-electron chi connectivity index (χ1n) is 5.95. The van der Waals surface area contributed by atoms with Gasteiger partial charge in [-0.05, 0) is 25.1 Å². The standard InChI is InChI=1S/C15H13F2NO2/c1-15(14(19)20,18-11-5-3-2-4-6-11)12-8-7-10(16)9-13(12)17/h2-9,18H,1H3,(H,19,20). The van der Waals surface area contributed by atoms with Crippen molar-refractivity contribution in [1.29, 1.82) is 0 Å². The van der Waals surface area contributed by atoms with E-state index in [9.17, 15) is 18.7 Å². The Hall–Kier alpha value is -2.43. The van der Waals surface area contributed by atoms with E-state index >= 15 is 0 Å². The van der Waals surface area contributed by atoms with Crippen LogP contribution in [0.15, 0.2) is 48.5 Å². The molecule has 0 fully saturated rings. The quantitative estimate of drug-likeness (QED) is 0.900. The van der Waals surface area contributed by atoms with E-state index in [0.29, 0.717) is 11.8 Å². The van der Waals surface area contributed by atoms with Gasteiger partial charge >= 0.3 is 5.97 Å². The summed E-state index contributed by atoms with van der Waals surface area (Å²) in [6, 6.07) is 11.4. The summed E-state index contributed by atoms with van der Waals surface area (Å²) in [5, 5.41) is 12.2. The molecular formula is C15H13F2NO2. The Morgan fingerprint density at radius 3 is 2.35 bits per heavy atom. The van der Waals surface area contributed by atoms with Crippen molar-refractivity contribution in [2.45, 2.75) is 12.5 Å². The zero-order valence-electron chi connectivity index (χ0n) is 10.7. The van der Waals surface area contributed by atoms with Crippen LogP contribution in [0, 0.1) is 11.6 Å². The van der Waals surface area contributed by atoms with Crippen molar-refractivity contribution in [1.82, 2.24) is 0 Å². The van der Waals surface area contributed by atoms with Gasteiger partial charge in [-0.3, -0.25) is 0 Å². The molecule has 0 aliphatic rings. The average molecular weight is 277 g/mol. The smallest absolute Gasteiger partial charge is 0.333 e. The molecule has 0 aliphatic heterocycles. The van der Waals surface area contributed by atoms with Gasteiger partial charge in [0.15, 0.2) is 5.54 Å². The molecule has 0 bridgehead atoms. The van der Waals surface area contributed by atoms with Gasteiger partial charge in [-0.25, -0.2) is 13.6 Å². The Balaban J connectivity index is 2.47. The van der Waals surface area contributed by atoms with Gasteiger partial charge < -0.3 is 10.4 Å². The van der Waals surface area contributed by atoms with Gasteiger partial charge in [-0.15, -0.1) is 0 Å². The first-order chi connectivity index (χ1) is 9.43. The van der Waals surface area contributed by atoms with E-state index in [2.05, 4.69) is 5.32 Å². The number of carbonyl (C=O) groups is 1. The molecule has 0 radical (unpaired) electrons. The van der Waals surface area contributed by atoms with Crippen LogP contribution in [0.25, 0.3) is 0 Å². The third-order valence-electron chi connectivity index (χ3n) is 3.07. The Kier molecular flexibility index (Phi) is 3.70. The summed E-state index contributed by atoms with van der Waals surface area (Å²) < 4.78 is 26.8. The third-order valence-corrected chi connectivity index (χ3v) is 3.07. The van der Waals surface area contributed by atoms with Gasteiger partial charge in [0, 0.05) is 17.3 Å². The van der Waals surface area contributed by atoms with Gasteiger partial charge in [0.25, 0.3) is 0 Å². The van der Waals surface area contributed by atoms with E-state index in [-0.39, 0.29) is 5.56 Å². The van der Waals surface area contributed by atoms with Crippen molar-refractivity contribution in [3.63, 3.8) is 0 Å². The predicted octanol–water partition coefficient (Wildman–Crippen LogP) is 3.38. The highest BCUT2D eigenvalue weighted by Crippen LogP contribution is 2.29. The molecule has 104 valence electrons. The Morgan fingerprint density at radius 1 is 1.15 bits per heavy atom. The monoisotopic (exact) mass is 277 g/mol. The van der Waals surface area contributed by atoms with Crippen LogP contribution in [-0.4, -0.2) is 11.1 Å². The normalized spacial score (nSPS) is 13.6. The largest absolute Gasteiger partial charge is 0.479 e. The second-order valence-electron chi connectivity index (χ2n) is 4.55. The van der Waals surface area contributed by atoms with Gasteiger partial charge in [0.1, 0.15) is 11.6 Å². The summed E-state index contributed by atoms with van der Waals surface area (Å²) in [5.74, 6) is -2.91. The highest BCUT2D eigenvalue weighted by atomic mass is 19.1. The van der Waals surface area contributed by atoms with Crippen LogP contribution in [0.1, 0.15) is 12.5 Å². The lowest BCUT2D eigenvalue weighted by Gasteiger charge is -2.28. The molecule has 3 nitrogen and oxygen atoms in total. The van der Waals surface area contributed by atoms with Gasteiger partial charge in [0.2, 0.25) is 0 Å². The lowest BCUT2D eigenvalue weighted by molar-refractivity contribution is -0.142. The molecule has 0 saturated carbocycles. The molecule has 0 spiro atoms. The van der Waals surface area contributed by atoms with Crippen LogP contribution in [0.5, 0.6) is 0 Å². The van der Waals surface area contributed by atoms with E-state index in [1.165, 1.54) is 6.92 Å². The van der Waals surface area contributed by atoms with Crippen molar-refractivity contribution in [3.05, 3.63) is 65.7 Å². The van der Waals surface area contributed by atoms with Crippen LogP contribution in [0.2, 0.25) is 0 Å². The Bertz CT molecular complexity index is 631. The number of anilines is 1. The van der Waals surface area contributed by atoms with Crippen molar-refractivity contribution < 1.29 is 18.7 Å². The number of rotatable bonds is 4. The number of hydrogen-bond donors (Lipinski definition) is 2. The van der Waals surface area contributed by atoms with E-state index in [1.807, 2.05) is 0 Å². The number of hydrogen-bond acceptors (Lipinski definition) is 2. The maximum atomic E-state index is 13.9. The van der Waals surface area contributed by atoms with Crippen LogP contribution < -0.4 is 5.32 Å². The summed E-state index contributed by atoms with van der Waals surface area (Å²) >= 11 is 0. The van der Waals surface area contributed by atoms with Crippen LogP contribution in [0.3, 0.4) is 0 Å². The highest BCUT2D eigenvalue weighted by molar-refractivity contribution is 5.84. The maximum Gasteiger partial charge on any atom is 0.333 e. The Morgan fingerprint density at radius 2 is 1.80 bits per heavy atom. The van der Waals surface area contributed by atoms with Crippen molar-refractivity contribution in [2.24, 2.45) is 0 Å². The molecule has 1 atom stereocenters. The molecule has 0 heterocycles. The van der Waals surface area contributed by atoms with E-state index in [4.69, 9.17) is 0 Å². The second-order valence-corrected chi connectivity index (χ2v) is 4.55. The lowest BCUT2D eigenvalue weighted by atomic mass is 9.91. The lowest BCUT2D eigenvalue weighted by Crippen LogP contribution is -2.41. The van der Waals surface area contributed by atoms with Gasteiger partial charge in [-0.1, -0.05) is 24.3 Å². The molecule has 20 heavy (non-hydrogen) atoms. The molecule has 0 aliphatic carbocycles. The van der Waals surface area contributed by atoms with Crippen molar-refractivity contribution >= 4 is 11.7 Å². The molecular weight excluding hydrogens is 264 g/mol. The molecule has 2 aromatic carbocycles. The minimum absolute atomic E-state index is 0.129. The number of halogens is 2. The topological polar surface area (TPSA) is 49.3 Å². The summed E-state index contributed by atoms with van der Waals surface area (Å²) in [6.07, 6.45) is 0. The third kappa shape index (κ3) is 2.61. The fraction of sp³-hybridized carbons (Fsp3) is 0.133. The number of para-hydroxylation sites is 1. The molecule has 2 aromatic rings. The van der Waals surface area contributed by atoms with Gasteiger partial charge in [-0.2, -0.15) is 0 Å². The minimum Gasteiger partial charge on any atom is -0.479 e. The molecule has 0 aromatic heterocycles. The fourth-order valence-corrected chi connectivity index (χ4v) is 1.94. The van der Waals surface area contributed by atoms with Crippen molar-refractivity contribution in [3.8, 4) is 0 Å². The first-order valence-corrected chi connectivity index (χ1v) is 5.95. The first kappa shape index (κ1) is 14.0. The van der Waals surface area contributed by atoms with E-state index in [1.54, 1.807) is 30.3 Å². The number of nitrogens with one attached hydrogen (secondary N) is 1. The number of benzene rings is 2. The molecule has 2 N–H and O–H groups in total. The summed E-state index contributed by atoms with van der Waals surface area (Å²) in [4.78, 5) is 11.5. The molecule has 5 heteroatoms. The van der Waals surface area contributed by atoms with E-state index < -0.39 is 23.1 Å². The molecule has 0 amide bonds. The number of aliphatic carboxylic acids is 1. The molecule has 0 saturated heterocycles. The fourth-order valence-electron chi connectivity index (χ4n) is 1.94. The zero-order valence-corrected chi connectivity index (χ0v) is 10.7. The van der Waals surface area contributed by atoms with Crippen LogP contribution in [0.4, 0.5) is 14.5 Å². The van der Waals surface area contributed by atoms with Gasteiger partial charge in [0.05, 0.1) is 0 Å². The predicted molar refractivity (Wildman–Crippen MR) is 71.4 cm³/mol. The van der Waals surface area contributed by atoms with E-state index in [0.717, 1.165) is 12.1 Å². The summed E-state index contributed by atoms with van der Waals surface area (Å²) in [6.45, 7) is 1.33. The van der Waals surface area contributed by atoms with Crippen molar-refractivity contribution in [2.75, 3.05) is 5.32 Å². The SMILES string of the molecule is CC(Nc1ccccc1)(C(=O)O)c1ccc(F)cc1F. The molecule has 1 unspecified atom stereocenters. The number of carboxylic acids is 1. The second kappa shape index (κ2) is 5.28.